The van der Waals surface area contributed by atoms with Crippen LogP contribution in [0.2, 0.25) is 0 Å². The number of hydrogen-bond acceptors (Lipinski definition) is 5. The van der Waals surface area contributed by atoms with Gasteiger partial charge in [0.2, 0.25) is 5.91 Å². The number of unbranched alkanes of at least 4 members (excludes halogenated alkanes) is 1. The molecule has 174 valence electrons. The molecule has 0 aliphatic heterocycles. The number of nitrogens with zero attached hydrogens (tertiary/aromatic N) is 2. The molecule has 4 N–H and O–H groups in total. The van der Waals surface area contributed by atoms with Crippen LogP contribution in [0.15, 0.2) is 64.2 Å². The number of hydrogen-bond donors (Lipinski definition) is 3. The first-order valence-corrected chi connectivity index (χ1v) is 11.2. The molecular formula is C25H31N5O3. The average Bonchev–Trinajstić information content (AvgIpc) is 2.79. The number of anilines is 3. The standard InChI is InChI=1S/C25H31N5O3/c1-3-5-15-30-23(26)22(24(32)28-25(30)33)29(16-18-11-7-6-8-12-18)17-21(31)27-20-14-10-9-13-19(20)4-2/h6-14H,3-5,15-17,26H2,1-2H3,(H,27,31)(H,28,32,33). The van der Waals surface area contributed by atoms with Crippen LogP contribution < -0.4 is 27.2 Å². The maximum absolute atomic E-state index is 13.0. The van der Waals surface area contributed by atoms with Crippen LogP contribution in [0.3, 0.4) is 0 Å². The molecular weight excluding hydrogens is 418 g/mol. The molecule has 2 aromatic carbocycles. The van der Waals surface area contributed by atoms with Crippen LogP contribution in [0.5, 0.6) is 0 Å². The number of amides is 1. The third-order valence-electron chi connectivity index (χ3n) is 5.49. The smallest absolute Gasteiger partial charge is 0.330 e. The van der Waals surface area contributed by atoms with E-state index in [1.165, 1.54) is 4.57 Å². The fourth-order valence-corrected chi connectivity index (χ4v) is 3.75. The fourth-order valence-electron chi connectivity index (χ4n) is 3.75. The summed E-state index contributed by atoms with van der Waals surface area (Å²) in [5, 5.41) is 2.94. The van der Waals surface area contributed by atoms with Gasteiger partial charge in [0.1, 0.15) is 11.5 Å². The van der Waals surface area contributed by atoms with Gasteiger partial charge >= 0.3 is 5.69 Å². The molecule has 8 nitrogen and oxygen atoms in total. The molecule has 8 heteroatoms. The van der Waals surface area contributed by atoms with Crippen LogP contribution in [0.1, 0.15) is 37.8 Å². The highest BCUT2D eigenvalue weighted by Gasteiger charge is 2.22. The van der Waals surface area contributed by atoms with E-state index in [-0.39, 0.29) is 30.5 Å². The van der Waals surface area contributed by atoms with Crippen molar-refractivity contribution < 1.29 is 4.79 Å². The number of benzene rings is 2. The fraction of sp³-hybridized carbons (Fsp3) is 0.320. The highest BCUT2D eigenvalue weighted by Crippen LogP contribution is 2.21. The number of aromatic nitrogens is 2. The molecule has 0 saturated heterocycles. The van der Waals surface area contributed by atoms with Crippen LogP contribution in [0, 0.1) is 0 Å². The number of rotatable bonds is 10. The maximum atomic E-state index is 13.0. The Morgan fingerprint density at radius 2 is 1.76 bits per heavy atom. The van der Waals surface area contributed by atoms with Crippen LogP contribution in [-0.2, 0) is 24.3 Å². The minimum absolute atomic E-state index is 0.0647. The largest absolute Gasteiger partial charge is 0.383 e. The van der Waals surface area contributed by atoms with Gasteiger partial charge in [-0.25, -0.2) is 4.79 Å². The van der Waals surface area contributed by atoms with Gasteiger partial charge in [-0.1, -0.05) is 68.8 Å². The van der Waals surface area contributed by atoms with Crippen molar-refractivity contribution in [2.45, 2.75) is 46.2 Å². The van der Waals surface area contributed by atoms with Crippen molar-refractivity contribution in [3.8, 4) is 0 Å². The lowest BCUT2D eigenvalue weighted by molar-refractivity contribution is -0.115. The Morgan fingerprint density at radius 1 is 1.06 bits per heavy atom. The van der Waals surface area contributed by atoms with E-state index in [0.29, 0.717) is 6.54 Å². The highest BCUT2D eigenvalue weighted by molar-refractivity contribution is 5.95. The monoisotopic (exact) mass is 449 g/mol. The van der Waals surface area contributed by atoms with Gasteiger partial charge in [-0.05, 0) is 30.0 Å². The quantitative estimate of drug-likeness (QED) is 0.440. The van der Waals surface area contributed by atoms with Crippen LogP contribution in [0.4, 0.5) is 17.2 Å². The summed E-state index contributed by atoms with van der Waals surface area (Å²) in [6.07, 6.45) is 2.38. The first kappa shape index (κ1) is 23.8. The van der Waals surface area contributed by atoms with E-state index < -0.39 is 11.2 Å². The molecule has 3 rings (SSSR count). The third-order valence-corrected chi connectivity index (χ3v) is 5.49. The summed E-state index contributed by atoms with van der Waals surface area (Å²) >= 11 is 0. The predicted molar refractivity (Wildman–Crippen MR) is 133 cm³/mol. The summed E-state index contributed by atoms with van der Waals surface area (Å²) in [7, 11) is 0. The lowest BCUT2D eigenvalue weighted by Gasteiger charge is -2.26. The SMILES string of the molecule is CCCCn1c(N)c(N(CC(=O)Nc2ccccc2CC)Cc2ccccc2)c(=O)[nH]c1=O. The normalized spacial score (nSPS) is 10.7. The van der Waals surface area contributed by atoms with Gasteiger partial charge < -0.3 is 16.0 Å². The molecule has 33 heavy (non-hydrogen) atoms. The second-order valence-electron chi connectivity index (χ2n) is 7.90. The molecule has 0 fully saturated rings. The zero-order valence-electron chi connectivity index (χ0n) is 19.1. The predicted octanol–water partition coefficient (Wildman–Crippen LogP) is 3.13. The number of H-pyrrole nitrogens is 1. The van der Waals surface area contributed by atoms with Gasteiger partial charge in [-0.3, -0.25) is 19.1 Å². The molecule has 1 amide bonds. The van der Waals surface area contributed by atoms with Gasteiger partial charge in [-0.2, -0.15) is 0 Å². The number of carbonyl (C=O) groups excluding carboxylic acids is 1. The van der Waals surface area contributed by atoms with Gasteiger partial charge in [-0.15, -0.1) is 0 Å². The Bertz CT molecular complexity index is 1200. The first-order valence-electron chi connectivity index (χ1n) is 11.2. The molecule has 0 aliphatic carbocycles. The summed E-state index contributed by atoms with van der Waals surface area (Å²) in [4.78, 5) is 42.2. The van der Waals surface area contributed by atoms with E-state index in [4.69, 9.17) is 5.73 Å². The van der Waals surface area contributed by atoms with Crippen molar-refractivity contribution in [2.75, 3.05) is 22.5 Å². The van der Waals surface area contributed by atoms with Gasteiger partial charge in [0.25, 0.3) is 5.56 Å². The average molecular weight is 450 g/mol. The Morgan fingerprint density at radius 3 is 2.45 bits per heavy atom. The van der Waals surface area contributed by atoms with Crippen LogP contribution in [0.25, 0.3) is 0 Å². The summed E-state index contributed by atoms with van der Waals surface area (Å²) < 4.78 is 1.36. The molecule has 0 aliphatic rings. The number of para-hydroxylation sites is 1. The second-order valence-corrected chi connectivity index (χ2v) is 7.90. The van der Waals surface area contributed by atoms with E-state index in [1.54, 1.807) is 4.90 Å². The van der Waals surface area contributed by atoms with Gasteiger partial charge in [0.15, 0.2) is 0 Å². The van der Waals surface area contributed by atoms with Crippen molar-refractivity contribution in [3.63, 3.8) is 0 Å². The number of nitrogens with one attached hydrogen (secondary N) is 2. The van der Waals surface area contributed by atoms with Crippen LogP contribution in [-0.4, -0.2) is 22.0 Å². The lowest BCUT2D eigenvalue weighted by Crippen LogP contribution is -2.41. The molecule has 1 aromatic heterocycles. The molecule has 0 atom stereocenters. The van der Waals surface area contributed by atoms with Crippen molar-refractivity contribution in [2.24, 2.45) is 0 Å². The molecule has 0 unspecified atom stereocenters. The van der Waals surface area contributed by atoms with Gasteiger partial charge in [0.05, 0.1) is 6.54 Å². The van der Waals surface area contributed by atoms with E-state index in [9.17, 15) is 14.4 Å². The molecule has 1 heterocycles. The first-order chi connectivity index (χ1) is 15.9. The minimum atomic E-state index is -0.608. The number of nitrogen functional groups attached to an aromatic ring is 1. The molecule has 0 spiro atoms. The Hall–Kier alpha value is -3.81. The minimum Gasteiger partial charge on any atom is -0.383 e. The van der Waals surface area contributed by atoms with E-state index >= 15 is 0 Å². The lowest BCUT2D eigenvalue weighted by atomic mass is 10.1. The summed E-state index contributed by atoms with van der Waals surface area (Å²) in [5.74, 6) is -0.216. The summed E-state index contributed by atoms with van der Waals surface area (Å²) in [6.45, 7) is 4.59. The van der Waals surface area contributed by atoms with Crippen molar-refractivity contribution in [1.29, 1.82) is 0 Å². The zero-order chi connectivity index (χ0) is 23.8. The third kappa shape index (κ3) is 5.91. The Kier molecular flexibility index (Phi) is 8.07. The van der Waals surface area contributed by atoms with Crippen molar-refractivity contribution in [3.05, 3.63) is 86.6 Å². The van der Waals surface area contributed by atoms with Crippen LogP contribution >= 0.6 is 0 Å². The van der Waals surface area contributed by atoms with E-state index in [1.807, 2.05) is 68.4 Å². The number of carbonyl (C=O) groups is 1. The highest BCUT2D eigenvalue weighted by atomic mass is 16.2. The molecule has 0 bridgehead atoms. The number of aromatic amines is 1. The summed E-state index contributed by atoms with van der Waals surface area (Å²) in [5.41, 5.74) is 7.95. The molecule has 3 aromatic rings. The van der Waals surface area contributed by atoms with Gasteiger partial charge in [0, 0.05) is 18.8 Å². The molecule has 0 radical (unpaired) electrons. The maximum Gasteiger partial charge on any atom is 0.330 e. The second kappa shape index (κ2) is 11.2. The topological polar surface area (TPSA) is 113 Å². The van der Waals surface area contributed by atoms with Crippen molar-refractivity contribution >= 4 is 23.1 Å². The van der Waals surface area contributed by atoms with E-state index in [2.05, 4.69) is 10.3 Å². The Balaban J connectivity index is 1.97. The van der Waals surface area contributed by atoms with E-state index in [0.717, 1.165) is 36.1 Å². The van der Waals surface area contributed by atoms with Crippen molar-refractivity contribution in [1.82, 2.24) is 9.55 Å². The Labute approximate surface area is 193 Å². The number of aryl methyl sites for hydroxylation is 1. The number of nitrogens with two attached hydrogens (primary N) is 1. The molecule has 0 saturated carbocycles. The summed E-state index contributed by atoms with van der Waals surface area (Å²) in [6, 6.07) is 17.1. The zero-order valence-corrected chi connectivity index (χ0v) is 19.1.